The Bertz CT molecular complexity index is 776. The van der Waals surface area contributed by atoms with Gasteiger partial charge in [0.1, 0.15) is 5.75 Å². The van der Waals surface area contributed by atoms with Crippen molar-refractivity contribution in [3.63, 3.8) is 0 Å². The predicted octanol–water partition coefficient (Wildman–Crippen LogP) is 5.16. The van der Waals surface area contributed by atoms with Gasteiger partial charge in [-0.05, 0) is 102 Å². The molecule has 2 aromatic rings. The number of hydrogen-bond acceptors (Lipinski definition) is 2. The fourth-order valence-electron chi connectivity index (χ4n) is 2.94. The maximum absolute atomic E-state index is 12.9. The second kappa shape index (κ2) is 7.49. The van der Waals surface area contributed by atoms with Gasteiger partial charge in [0.15, 0.2) is 5.52 Å². The molecule has 3 heteroatoms. The third-order valence-corrected chi connectivity index (χ3v) is 5.71. The summed E-state index contributed by atoms with van der Waals surface area (Å²) in [5, 5.41) is 1.09. The molecule has 0 aliphatic heterocycles. The molecular weight excluding hydrogens is 315 g/mol. The molecule has 0 aliphatic carbocycles. The Morgan fingerprint density at radius 3 is 2.17 bits per heavy atom. The molecule has 0 N–H and O–H groups in total. The summed E-state index contributed by atoms with van der Waals surface area (Å²) in [7, 11) is 0.138. The van der Waals surface area contributed by atoms with E-state index in [0.717, 1.165) is 33.3 Å². The summed E-state index contributed by atoms with van der Waals surface area (Å²) < 4.78 is 5.72. The minimum Gasteiger partial charge on any atom is -0.491 e. The molecule has 0 fully saturated rings. The van der Waals surface area contributed by atoms with E-state index < -0.39 is 0 Å². The first-order chi connectivity index (χ1) is 11.2. The summed E-state index contributed by atoms with van der Waals surface area (Å²) in [6, 6.07) is 8.13. The zero-order chi connectivity index (χ0) is 18.0. The Morgan fingerprint density at radius 1 is 0.917 bits per heavy atom. The highest BCUT2D eigenvalue weighted by molar-refractivity contribution is 7.66. The lowest BCUT2D eigenvalue weighted by atomic mass is 9.95. The Morgan fingerprint density at radius 2 is 1.58 bits per heavy atom. The van der Waals surface area contributed by atoms with Gasteiger partial charge in [-0.2, -0.15) is 0 Å². The van der Waals surface area contributed by atoms with Gasteiger partial charge in [-0.3, -0.25) is 4.79 Å². The maximum Gasteiger partial charge on any atom is 0.186 e. The van der Waals surface area contributed by atoms with Gasteiger partial charge >= 0.3 is 0 Å². The smallest absolute Gasteiger partial charge is 0.186 e. The first-order valence-corrected chi connectivity index (χ1v) is 9.36. The third-order valence-electron chi connectivity index (χ3n) is 4.40. The lowest BCUT2D eigenvalue weighted by Crippen LogP contribution is -2.10. The van der Waals surface area contributed by atoms with Gasteiger partial charge in [0.2, 0.25) is 0 Å². The van der Waals surface area contributed by atoms with Crippen molar-refractivity contribution in [2.24, 2.45) is 0 Å². The minimum absolute atomic E-state index is 0.138. The number of benzene rings is 2. The van der Waals surface area contributed by atoms with E-state index in [1.807, 2.05) is 45.9 Å². The van der Waals surface area contributed by atoms with Crippen LogP contribution in [0.3, 0.4) is 0 Å². The van der Waals surface area contributed by atoms with Crippen molar-refractivity contribution in [3.8, 4) is 5.75 Å². The number of carbonyl (C=O) groups is 1. The van der Waals surface area contributed by atoms with Crippen LogP contribution < -0.4 is 10.0 Å². The highest BCUT2D eigenvalue weighted by Gasteiger charge is 2.17. The molecular formula is C21H27O2P. The Labute approximate surface area is 147 Å². The van der Waals surface area contributed by atoms with Crippen molar-refractivity contribution in [2.45, 2.75) is 54.6 Å². The first-order valence-electron chi connectivity index (χ1n) is 8.36. The number of carbonyl (C=O) groups excluding carboxylic acids is 1. The zero-order valence-corrected chi connectivity index (χ0v) is 16.7. The van der Waals surface area contributed by atoms with Crippen LogP contribution in [-0.2, 0) is 0 Å². The molecule has 2 nitrogen and oxygen atoms in total. The van der Waals surface area contributed by atoms with E-state index in [9.17, 15) is 4.79 Å². The highest BCUT2D eigenvalue weighted by atomic mass is 31.1. The molecule has 0 radical (unpaired) electrons. The lowest BCUT2D eigenvalue weighted by Gasteiger charge is -2.15. The van der Waals surface area contributed by atoms with Gasteiger partial charge in [0, 0.05) is 5.56 Å². The lowest BCUT2D eigenvalue weighted by molar-refractivity contribution is 0.108. The van der Waals surface area contributed by atoms with E-state index in [4.69, 9.17) is 4.74 Å². The molecule has 1 atom stereocenters. The monoisotopic (exact) mass is 342 g/mol. The Kier molecular flexibility index (Phi) is 5.83. The number of ether oxygens (including phenoxy) is 1. The molecule has 0 aliphatic rings. The SMILES string of the molecule is Cc1cc(OC(C)C)ccc1PC(=O)c1c(C)cc(C)c(C)c1C. The van der Waals surface area contributed by atoms with Crippen LogP contribution >= 0.6 is 8.58 Å². The number of aryl methyl sites for hydroxylation is 3. The Hall–Kier alpha value is -1.66. The van der Waals surface area contributed by atoms with Gasteiger partial charge in [-0.1, -0.05) is 12.1 Å². The van der Waals surface area contributed by atoms with E-state index in [0.29, 0.717) is 0 Å². The standard InChI is InChI=1S/C21H27O2P/c1-12(2)23-18-8-9-19(14(4)11-18)24-21(22)20-15(5)10-13(3)16(6)17(20)7/h8-12,24H,1-7H3. The van der Waals surface area contributed by atoms with E-state index in [2.05, 4.69) is 26.8 Å². The van der Waals surface area contributed by atoms with E-state index in [1.54, 1.807) is 0 Å². The molecule has 24 heavy (non-hydrogen) atoms. The molecule has 0 amide bonds. The van der Waals surface area contributed by atoms with Gasteiger partial charge in [-0.15, -0.1) is 0 Å². The van der Waals surface area contributed by atoms with E-state index in [-0.39, 0.29) is 20.2 Å². The molecule has 0 saturated carbocycles. The number of rotatable bonds is 5. The summed E-state index contributed by atoms with van der Waals surface area (Å²) in [5.74, 6) is 0.863. The van der Waals surface area contributed by atoms with Crippen LogP contribution in [0.5, 0.6) is 5.75 Å². The quantitative estimate of drug-likeness (QED) is 0.702. The molecule has 0 bridgehead atoms. The summed E-state index contributed by atoms with van der Waals surface area (Å²) in [6.07, 6.45) is 0.153. The normalized spacial score (nSPS) is 11.5. The third kappa shape index (κ3) is 4.05. The molecule has 0 aromatic heterocycles. The van der Waals surface area contributed by atoms with Crippen molar-refractivity contribution in [3.05, 3.63) is 57.6 Å². The van der Waals surface area contributed by atoms with Crippen molar-refractivity contribution in [1.29, 1.82) is 0 Å². The highest BCUT2D eigenvalue weighted by Crippen LogP contribution is 2.29. The molecule has 0 spiro atoms. The predicted molar refractivity (Wildman–Crippen MR) is 105 cm³/mol. The van der Waals surface area contributed by atoms with Crippen LogP contribution in [0.15, 0.2) is 24.3 Å². The van der Waals surface area contributed by atoms with E-state index in [1.165, 1.54) is 11.1 Å². The number of hydrogen-bond donors (Lipinski definition) is 0. The minimum atomic E-state index is 0.138. The second-order valence-electron chi connectivity index (χ2n) is 6.73. The molecule has 0 heterocycles. The van der Waals surface area contributed by atoms with Crippen LogP contribution in [0.4, 0.5) is 0 Å². The van der Waals surface area contributed by atoms with Gasteiger partial charge in [0.05, 0.1) is 6.10 Å². The van der Waals surface area contributed by atoms with Crippen molar-refractivity contribution < 1.29 is 9.53 Å². The Balaban J connectivity index is 2.29. The van der Waals surface area contributed by atoms with Crippen molar-refractivity contribution in [2.75, 3.05) is 0 Å². The van der Waals surface area contributed by atoms with Crippen molar-refractivity contribution >= 4 is 19.4 Å². The second-order valence-corrected chi connectivity index (χ2v) is 7.98. The van der Waals surface area contributed by atoms with Crippen LogP contribution in [0, 0.1) is 34.6 Å². The fourth-order valence-corrected chi connectivity index (χ4v) is 4.13. The van der Waals surface area contributed by atoms with Crippen LogP contribution in [-0.4, -0.2) is 11.6 Å². The average Bonchev–Trinajstić information content (AvgIpc) is 2.47. The molecule has 2 rings (SSSR count). The fraction of sp³-hybridized carbons (Fsp3) is 0.381. The summed E-state index contributed by atoms with van der Waals surface area (Å²) in [4.78, 5) is 12.9. The average molecular weight is 342 g/mol. The zero-order valence-electron chi connectivity index (χ0n) is 15.7. The topological polar surface area (TPSA) is 26.3 Å². The van der Waals surface area contributed by atoms with Crippen molar-refractivity contribution in [1.82, 2.24) is 0 Å². The molecule has 128 valence electrons. The van der Waals surface area contributed by atoms with Crippen LogP contribution in [0.25, 0.3) is 0 Å². The largest absolute Gasteiger partial charge is 0.491 e. The summed E-state index contributed by atoms with van der Waals surface area (Å²) in [6.45, 7) is 14.3. The van der Waals surface area contributed by atoms with Gasteiger partial charge in [-0.25, -0.2) is 0 Å². The summed E-state index contributed by atoms with van der Waals surface area (Å²) in [5.41, 5.74) is 6.86. The molecule has 0 saturated heterocycles. The van der Waals surface area contributed by atoms with Crippen LogP contribution in [0.1, 0.15) is 52.0 Å². The van der Waals surface area contributed by atoms with E-state index >= 15 is 0 Å². The van der Waals surface area contributed by atoms with Crippen LogP contribution in [0.2, 0.25) is 0 Å². The van der Waals surface area contributed by atoms with Gasteiger partial charge < -0.3 is 4.74 Å². The van der Waals surface area contributed by atoms with Gasteiger partial charge in [0.25, 0.3) is 0 Å². The maximum atomic E-state index is 12.9. The first kappa shape index (κ1) is 18.7. The molecule has 1 unspecified atom stereocenters. The summed E-state index contributed by atoms with van der Waals surface area (Å²) >= 11 is 0. The molecule has 2 aromatic carbocycles.